The molecular weight excluding hydrogens is 271 g/mol. The first kappa shape index (κ1) is 14.2. The van der Waals surface area contributed by atoms with Crippen LogP contribution in [0.4, 0.5) is 13.2 Å². The fraction of sp³-hybridized carbons (Fsp3) is 0.308. The van der Waals surface area contributed by atoms with Crippen LogP contribution in [0.15, 0.2) is 35.3 Å². The molecule has 7 heteroatoms. The first-order valence-electron chi connectivity index (χ1n) is 6.03. The topological polar surface area (TPSA) is 47.8 Å². The zero-order valence-electron chi connectivity index (χ0n) is 10.7. The van der Waals surface area contributed by atoms with Crippen LogP contribution in [-0.4, -0.2) is 14.8 Å². The van der Waals surface area contributed by atoms with Gasteiger partial charge in [-0.15, -0.1) is 0 Å². The van der Waals surface area contributed by atoms with E-state index in [4.69, 9.17) is 0 Å². The molecule has 2 aromatic heterocycles. The zero-order valence-corrected chi connectivity index (χ0v) is 10.7. The van der Waals surface area contributed by atoms with E-state index in [1.807, 2.05) is 6.92 Å². The molecule has 4 nitrogen and oxygen atoms in total. The summed E-state index contributed by atoms with van der Waals surface area (Å²) in [6.45, 7) is 2.35. The van der Waals surface area contributed by atoms with Gasteiger partial charge in [-0.05, 0) is 24.6 Å². The average Bonchev–Trinajstić information content (AvgIpc) is 2.41. The van der Waals surface area contributed by atoms with Gasteiger partial charge in [-0.25, -0.2) is 4.68 Å². The van der Waals surface area contributed by atoms with E-state index in [0.29, 0.717) is 17.9 Å². The number of alkyl halides is 3. The van der Waals surface area contributed by atoms with Crippen LogP contribution >= 0.6 is 0 Å². The van der Waals surface area contributed by atoms with Gasteiger partial charge in [0.25, 0.3) is 5.56 Å². The molecule has 2 heterocycles. The van der Waals surface area contributed by atoms with Gasteiger partial charge in [-0.2, -0.15) is 18.3 Å². The van der Waals surface area contributed by atoms with Crippen LogP contribution in [0.5, 0.6) is 0 Å². The number of pyridine rings is 1. The number of rotatable bonds is 3. The standard InChI is InChI=1S/C13H12F3N3O/c1-2-7-19-12(20)6-5-11(18-19)10-4-3-9(8-17-10)13(14,15)16/h3-6,8H,2,7H2,1H3. The second-order valence-corrected chi connectivity index (χ2v) is 4.21. The Bertz CT molecular complexity index is 647. The molecule has 0 amide bonds. The molecule has 0 saturated carbocycles. The van der Waals surface area contributed by atoms with Gasteiger partial charge in [-0.1, -0.05) is 6.92 Å². The lowest BCUT2D eigenvalue weighted by Crippen LogP contribution is -2.22. The normalized spacial score (nSPS) is 11.6. The van der Waals surface area contributed by atoms with Crippen LogP contribution in [0.25, 0.3) is 11.4 Å². The number of hydrogen-bond acceptors (Lipinski definition) is 3. The molecule has 0 atom stereocenters. The summed E-state index contributed by atoms with van der Waals surface area (Å²) in [5.41, 5.74) is -0.403. The summed E-state index contributed by atoms with van der Waals surface area (Å²) in [5.74, 6) is 0. The Labute approximate surface area is 112 Å². The van der Waals surface area contributed by atoms with Crippen LogP contribution < -0.4 is 5.56 Å². The Balaban J connectivity index is 2.37. The molecule has 0 saturated heterocycles. The number of halogens is 3. The van der Waals surface area contributed by atoms with Crippen molar-refractivity contribution in [3.8, 4) is 11.4 Å². The molecule has 0 aliphatic carbocycles. The lowest BCUT2D eigenvalue weighted by Gasteiger charge is -2.08. The van der Waals surface area contributed by atoms with Gasteiger partial charge in [0.05, 0.1) is 11.3 Å². The van der Waals surface area contributed by atoms with E-state index < -0.39 is 11.7 Å². The Morgan fingerprint density at radius 1 is 1.15 bits per heavy atom. The van der Waals surface area contributed by atoms with Gasteiger partial charge in [0.2, 0.25) is 0 Å². The summed E-state index contributed by atoms with van der Waals surface area (Å²) in [4.78, 5) is 15.3. The van der Waals surface area contributed by atoms with Gasteiger partial charge < -0.3 is 0 Å². The third-order valence-corrected chi connectivity index (χ3v) is 2.66. The third kappa shape index (κ3) is 3.04. The van der Waals surface area contributed by atoms with Crippen molar-refractivity contribution >= 4 is 0 Å². The van der Waals surface area contributed by atoms with Gasteiger partial charge in [-0.3, -0.25) is 9.78 Å². The number of aromatic nitrogens is 3. The maximum absolute atomic E-state index is 12.4. The van der Waals surface area contributed by atoms with Crippen molar-refractivity contribution in [3.63, 3.8) is 0 Å². The minimum atomic E-state index is -4.42. The van der Waals surface area contributed by atoms with Crippen LogP contribution in [0, 0.1) is 0 Å². The van der Waals surface area contributed by atoms with E-state index in [-0.39, 0.29) is 5.56 Å². The van der Waals surface area contributed by atoms with Crippen LogP contribution in [0.2, 0.25) is 0 Å². The molecule has 20 heavy (non-hydrogen) atoms. The summed E-state index contributed by atoms with van der Waals surface area (Å²) in [6.07, 6.45) is -2.93. The van der Waals surface area contributed by atoms with E-state index in [0.717, 1.165) is 18.7 Å². The van der Waals surface area contributed by atoms with Gasteiger partial charge in [0.15, 0.2) is 0 Å². The van der Waals surface area contributed by atoms with Gasteiger partial charge in [0, 0.05) is 18.8 Å². The quantitative estimate of drug-likeness (QED) is 0.870. The van der Waals surface area contributed by atoms with Crippen molar-refractivity contribution in [2.75, 3.05) is 0 Å². The highest BCUT2D eigenvalue weighted by Gasteiger charge is 2.30. The largest absolute Gasteiger partial charge is 0.417 e. The lowest BCUT2D eigenvalue weighted by atomic mass is 10.2. The summed E-state index contributed by atoms with van der Waals surface area (Å²) in [6, 6.07) is 4.96. The monoisotopic (exact) mass is 283 g/mol. The fourth-order valence-electron chi connectivity index (χ4n) is 1.67. The molecular formula is C13H12F3N3O. The summed E-state index contributed by atoms with van der Waals surface area (Å²) in [5, 5.41) is 4.08. The summed E-state index contributed by atoms with van der Waals surface area (Å²) >= 11 is 0. The predicted molar refractivity (Wildman–Crippen MR) is 67.0 cm³/mol. The van der Waals surface area contributed by atoms with E-state index >= 15 is 0 Å². The SMILES string of the molecule is CCCn1nc(-c2ccc(C(F)(F)F)cn2)ccc1=O. The van der Waals surface area contributed by atoms with E-state index in [9.17, 15) is 18.0 Å². The van der Waals surface area contributed by atoms with E-state index in [1.165, 1.54) is 22.9 Å². The van der Waals surface area contributed by atoms with Crippen molar-refractivity contribution in [1.29, 1.82) is 0 Å². The second kappa shape index (κ2) is 5.44. The summed E-state index contributed by atoms with van der Waals surface area (Å²) in [7, 11) is 0. The molecule has 0 bridgehead atoms. The van der Waals surface area contributed by atoms with Gasteiger partial charge >= 0.3 is 6.18 Å². The van der Waals surface area contributed by atoms with E-state index in [2.05, 4.69) is 10.1 Å². The molecule has 0 radical (unpaired) electrons. The summed E-state index contributed by atoms with van der Waals surface area (Å²) < 4.78 is 38.6. The molecule has 0 aliphatic rings. The average molecular weight is 283 g/mol. The molecule has 0 N–H and O–H groups in total. The lowest BCUT2D eigenvalue weighted by molar-refractivity contribution is -0.137. The minimum Gasteiger partial charge on any atom is -0.268 e. The van der Waals surface area contributed by atoms with Crippen molar-refractivity contribution in [1.82, 2.24) is 14.8 Å². The molecule has 0 unspecified atom stereocenters. The van der Waals surface area contributed by atoms with Crippen LogP contribution in [0.3, 0.4) is 0 Å². The molecule has 106 valence electrons. The van der Waals surface area contributed by atoms with Crippen molar-refractivity contribution in [2.24, 2.45) is 0 Å². The second-order valence-electron chi connectivity index (χ2n) is 4.21. The van der Waals surface area contributed by atoms with E-state index in [1.54, 1.807) is 0 Å². The van der Waals surface area contributed by atoms with Crippen LogP contribution in [0.1, 0.15) is 18.9 Å². The van der Waals surface area contributed by atoms with Crippen LogP contribution in [-0.2, 0) is 12.7 Å². The number of nitrogens with zero attached hydrogens (tertiary/aromatic N) is 3. The molecule has 0 fully saturated rings. The first-order chi connectivity index (χ1) is 9.41. The molecule has 2 rings (SSSR count). The zero-order chi connectivity index (χ0) is 14.8. The molecule has 2 aromatic rings. The predicted octanol–water partition coefficient (Wildman–Crippen LogP) is 2.73. The maximum atomic E-state index is 12.4. The Morgan fingerprint density at radius 2 is 1.85 bits per heavy atom. The maximum Gasteiger partial charge on any atom is 0.417 e. The highest BCUT2D eigenvalue weighted by molar-refractivity contribution is 5.53. The van der Waals surface area contributed by atoms with Crippen molar-refractivity contribution in [3.05, 3.63) is 46.4 Å². The van der Waals surface area contributed by atoms with Crippen molar-refractivity contribution in [2.45, 2.75) is 26.1 Å². The molecule has 0 aliphatic heterocycles. The molecule has 0 aromatic carbocycles. The Kier molecular flexibility index (Phi) is 3.87. The first-order valence-corrected chi connectivity index (χ1v) is 6.03. The smallest absolute Gasteiger partial charge is 0.268 e. The number of hydrogen-bond donors (Lipinski definition) is 0. The molecule has 0 spiro atoms. The Morgan fingerprint density at radius 3 is 2.40 bits per heavy atom. The highest BCUT2D eigenvalue weighted by Crippen LogP contribution is 2.29. The Hall–Kier alpha value is -2.18. The van der Waals surface area contributed by atoms with Gasteiger partial charge in [0.1, 0.15) is 5.69 Å². The fourth-order valence-corrected chi connectivity index (χ4v) is 1.67. The van der Waals surface area contributed by atoms with Crippen molar-refractivity contribution < 1.29 is 13.2 Å². The highest BCUT2D eigenvalue weighted by atomic mass is 19.4. The third-order valence-electron chi connectivity index (χ3n) is 2.66. The number of aryl methyl sites for hydroxylation is 1. The minimum absolute atomic E-state index is 0.248.